The van der Waals surface area contributed by atoms with E-state index < -0.39 is 11.9 Å². The maximum atomic E-state index is 10.7. The minimum absolute atomic E-state index is 0.275. The Kier molecular flexibility index (Phi) is 3.65. The molecule has 0 aromatic heterocycles. The summed E-state index contributed by atoms with van der Waals surface area (Å²) in [6.45, 7) is 1.52. The third-order valence-electron chi connectivity index (χ3n) is 1.85. The molecule has 0 heterocycles. The summed E-state index contributed by atoms with van der Waals surface area (Å²) in [6.07, 6.45) is 0. The van der Waals surface area contributed by atoms with Crippen molar-refractivity contribution < 1.29 is 9.90 Å². The van der Waals surface area contributed by atoms with E-state index in [2.05, 4.69) is 0 Å². The summed E-state index contributed by atoms with van der Waals surface area (Å²) in [5.74, 6) is -1.72. The molecule has 5 heteroatoms. The van der Waals surface area contributed by atoms with Gasteiger partial charge in [0.1, 0.15) is 0 Å². The first-order valence-corrected chi connectivity index (χ1v) is 4.94. The van der Waals surface area contributed by atoms with Crippen LogP contribution in [-0.4, -0.2) is 11.1 Å². The minimum atomic E-state index is -0.976. The van der Waals surface area contributed by atoms with E-state index in [4.69, 9.17) is 39.9 Å². The van der Waals surface area contributed by atoms with Gasteiger partial charge >= 0.3 is 5.97 Å². The van der Waals surface area contributed by atoms with Crippen LogP contribution in [0.3, 0.4) is 0 Å². The van der Waals surface area contributed by atoms with Crippen LogP contribution in [0, 0.1) is 0 Å². The molecule has 0 bridgehead atoms. The van der Waals surface area contributed by atoms with Gasteiger partial charge in [0.15, 0.2) is 0 Å². The molecule has 0 amide bonds. The van der Waals surface area contributed by atoms with Crippen molar-refractivity contribution in [3.05, 3.63) is 32.8 Å². The molecule has 1 unspecified atom stereocenters. The van der Waals surface area contributed by atoms with Gasteiger partial charge < -0.3 is 5.11 Å². The largest absolute Gasteiger partial charge is 0.481 e. The van der Waals surface area contributed by atoms with Crippen LogP contribution in [0.4, 0.5) is 0 Å². The molecule has 0 saturated carbocycles. The third kappa shape index (κ3) is 2.32. The average Bonchev–Trinajstić information content (AvgIpc) is 2.01. The number of benzene rings is 1. The molecule has 0 aliphatic carbocycles. The molecule has 2 nitrogen and oxygen atoms in total. The summed E-state index contributed by atoms with van der Waals surface area (Å²) in [5.41, 5.74) is 0.394. The standard InChI is InChI=1S/C9H7Cl3O2/c1-4(9(13)14)8-6(11)2-5(10)3-7(8)12/h2-4H,1H3,(H,13,14). The molecule has 0 aliphatic rings. The lowest BCUT2D eigenvalue weighted by molar-refractivity contribution is -0.138. The lowest BCUT2D eigenvalue weighted by Crippen LogP contribution is -2.08. The minimum Gasteiger partial charge on any atom is -0.481 e. The van der Waals surface area contributed by atoms with E-state index in [1.165, 1.54) is 19.1 Å². The van der Waals surface area contributed by atoms with E-state index in [1.54, 1.807) is 0 Å². The van der Waals surface area contributed by atoms with Crippen molar-refractivity contribution in [3.8, 4) is 0 Å². The lowest BCUT2D eigenvalue weighted by atomic mass is 10.0. The van der Waals surface area contributed by atoms with Gasteiger partial charge in [-0.1, -0.05) is 34.8 Å². The van der Waals surface area contributed by atoms with E-state index in [9.17, 15) is 4.79 Å². The van der Waals surface area contributed by atoms with Crippen LogP contribution in [0.25, 0.3) is 0 Å². The molecule has 0 radical (unpaired) electrons. The molecule has 14 heavy (non-hydrogen) atoms. The summed E-state index contributed by atoms with van der Waals surface area (Å²) >= 11 is 17.4. The number of hydrogen-bond acceptors (Lipinski definition) is 1. The second kappa shape index (κ2) is 4.39. The van der Waals surface area contributed by atoms with Gasteiger partial charge in [-0.25, -0.2) is 0 Å². The molecular formula is C9H7Cl3O2. The van der Waals surface area contributed by atoms with Gasteiger partial charge in [0.05, 0.1) is 5.92 Å². The number of rotatable bonds is 2. The molecule has 0 saturated heterocycles. The van der Waals surface area contributed by atoms with Crippen LogP contribution in [0.1, 0.15) is 18.4 Å². The summed E-state index contributed by atoms with van der Waals surface area (Å²) in [5, 5.41) is 9.74. The number of carboxylic acid groups (broad SMARTS) is 1. The van der Waals surface area contributed by atoms with Crippen molar-refractivity contribution >= 4 is 40.8 Å². The molecule has 1 rings (SSSR count). The maximum absolute atomic E-state index is 10.7. The van der Waals surface area contributed by atoms with Gasteiger partial charge in [-0.2, -0.15) is 0 Å². The third-order valence-corrected chi connectivity index (χ3v) is 2.69. The van der Waals surface area contributed by atoms with E-state index in [-0.39, 0.29) is 10.0 Å². The van der Waals surface area contributed by atoms with Gasteiger partial charge in [0.25, 0.3) is 0 Å². The van der Waals surface area contributed by atoms with Crippen molar-refractivity contribution in [2.75, 3.05) is 0 Å². The van der Waals surface area contributed by atoms with Crippen LogP contribution in [-0.2, 0) is 4.79 Å². The van der Waals surface area contributed by atoms with Gasteiger partial charge in [0, 0.05) is 20.6 Å². The summed E-state index contributed by atoms with van der Waals surface area (Å²) in [7, 11) is 0. The smallest absolute Gasteiger partial charge is 0.310 e. The maximum Gasteiger partial charge on any atom is 0.310 e. The number of halogens is 3. The van der Waals surface area contributed by atoms with E-state index in [0.29, 0.717) is 10.6 Å². The van der Waals surface area contributed by atoms with Crippen molar-refractivity contribution in [3.63, 3.8) is 0 Å². The quantitative estimate of drug-likeness (QED) is 0.869. The molecule has 76 valence electrons. The van der Waals surface area contributed by atoms with E-state index >= 15 is 0 Å². The molecule has 1 N–H and O–H groups in total. The SMILES string of the molecule is CC(C(=O)O)c1c(Cl)cc(Cl)cc1Cl. The van der Waals surface area contributed by atoms with Crippen LogP contribution in [0.5, 0.6) is 0 Å². The first kappa shape index (κ1) is 11.6. The summed E-state index contributed by atoms with van der Waals surface area (Å²) in [4.78, 5) is 10.7. The van der Waals surface area contributed by atoms with Crippen molar-refractivity contribution in [2.24, 2.45) is 0 Å². The number of aliphatic carboxylic acids is 1. The fourth-order valence-corrected chi connectivity index (χ4v) is 2.23. The van der Waals surface area contributed by atoms with Crippen LogP contribution < -0.4 is 0 Å². The Morgan fingerprint density at radius 2 is 1.71 bits per heavy atom. The molecular weight excluding hydrogens is 246 g/mol. The average molecular weight is 254 g/mol. The summed E-state index contributed by atoms with van der Waals surface area (Å²) in [6, 6.07) is 2.95. The Morgan fingerprint density at radius 1 is 1.29 bits per heavy atom. The van der Waals surface area contributed by atoms with Crippen molar-refractivity contribution in [2.45, 2.75) is 12.8 Å². The fourth-order valence-electron chi connectivity index (χ4n) is 1.09. The zero-order chi connectivity index (χ0) is 10.9. The predicted molar refractivity (Wildman–Crippen MR) is 57.5 cm³/mol. The van der Waals surface area contributed by atoms with Gasteiger partial charge in [-0.05, 0) is 19.1 Å². The Labute approximate surface area is 96.4 Å². The molecule has 1 aromatic rings. The second-order valence-electron chi connectivity index (χ2n) is 2.84. The molecule has 0 spiro atoms. The van der Waals surface area contributed by atoms with Crippen LogP contribution in [0.15, 0.2) is 12.1 Å². The zero-order valence-corrected chi connectivity index (χ0v) is 9.49. The van der Waals surface area contributed by atoms with E-state index in [0.717, 1.165) is 0 Å². The van der Waals surface area contributed by atoms with Crippen LogP contribution in [0.2, 0.25) is 15.1 Å². The predicted octanol–water partition coefficient (Wildman–Crippen LogP) is 3.83. The van der Waals surface area contributed by atoms with Gasteiger partial charge in [-0.15, -0.1) is 0 Å². The van der Waals surface area contributed by atoms with Gasteiger partial charge in [-0.3, -0.25) is 4.79 Å². The monoisotopic (exact) mass is 252 g/mol. The Hall–Kier alpha value is -0.440. The number of carbonyl (C=O) groups is 1. The molecule has 1 aromatic carbocycles. The zero-order valence-electron chi connectivity index (χ0n) is 7.22. The molecule has 1 atom stereocenters. The van der Waals surface area contributed by atoms with E-state index in [1.807, 2.05) is 0 Å². The summed E-state index contributed by atoms with van der Waals surface area (Å²) < 4.78 is 0. The highest BCUT2D eigenvalue weighted by atomic mass is 35.5. The number of hydrogen-bond donors (Lipinski definition) is 1. The second-order valence-corrected chi connectivity index (χ2v) is 4.09. The normalized spacial score (nSPS) is 12.6. The fraction of sp³-hybridized carbons (Fsp3) is 0.222. The molecule has 0 fully saturated rings. The lowest BCUT2D eigenvalue weighted by Gasteiger charge is -2.11. The highest BCUT2D eigenvalue weighted by Gasteiger charge is 2.20. The first-order valence-electron chi connectivity index (χ1n) is 3.80. The highest BCUT2D eigenvalue weighted by Crippen LogP contribution is 2.34. The van der Waals surface area contributed by atoms with Crippen molar-refractivity contribution in [1.82, 2.24) is 0 Å². The Balaban J connectivity index is 3.27. The first-order chi connectivity index (χ1) is 6.43. The Bertz CT molecular complexity index is 353. The molecule has 0 aliphatic heterocycles. The van der Waals surface area contributed by atoms with Gasteiger partial charge in [0.2, 0.25) is 0 Å². The topological polar surface area (TPSA) is 37.3 Å². The Morgan fingerprint density at radius 3 is 2.07 bits per heavy atom. The van der Waals surface area contributed by atoms with Crippen molar-refractivity contribution in [1.29, 1.82) is 0 Å². The van der Waals surface area contributed by atoms with Crippen LogP contribution >= 0.6 is 34.8 Å². The number of carboxylic acids is 1. The highest BCUT2D eigenvalue weighted by molar-refractivity contribution is 6.39.